The number of hydrogen-bond acceptors (Lipinski definition) is 4. The standard InChI is InChI=1S/C22H24ClF2N5O2/c1-12-19(13(2)29(27-12)10-14-5-4-6-16(9-14)32-3)26-17(31)11-30-21(15-7-8-15)18(23)20(28-30)22(24)25/h4-6,9,15,22H,7-8,10-11H2,1-3H3,(H,26,31). The van der Waals surface area contributed by atoms with Crippen LogP contribution in [-0.2, 0) is 17.9 Å². The molecule has 4 rings (SSSR count). The summed E-state index contributed by atoms with van der Waals surface area (Å²) in [6.45, 7) is 3.99. The minimum Gasteiger partial charge on any atom is -0.497 e. The third-order valence-corrected chi connectivity index (χ3v) is 5.92. The number of amides is 1. The normalized spacial score (nSPS) is 13.6. The molecule has 1 amide bonds. The maximum atomic E-state index is 13.2. The fraction of sp³-hybridized carbons (Fsp3) is 0.409. The molecule has 0 bridgehead atoms. The average Bonchev–Trinajstić information content (AvgIpc) is 3.49. The van der Waals surface area contributed by atoms with Crippen molar-refractivity contribution in [3.05, 3.63) is 57.6 Å². The van der Waals surface area contributed by atoms with Gasteiger partial charge in [-0.05, 0) is 44.4 Å². The number of aromatic nitrogens is 4. The first-order valence-corrected chi connectivity index (χ1v) is 10.7. The monoisotopic (exact) mass is 463 g/mol. The Morgan fingerprint density at radius 1 is 1.28 bits per heavy atom. The van der Waals surface area contributed by atoms with Crippen LogP contribution in [0, 0.1) is 13.8 Å². The molecule has 2 heterocycles. The molecular weight excluding hydrogens is 440 g/mol. The molecule has 0 saturated heterocycles. The highest BCUT2D eigenvalue weighted by molar-refractivity contribution is 6.32. The summed E-state index contributed by atoms with van der Waals surface area (Å²) < 4.78 is 34.9. The average molecular weight is 464 g/mol. The van der Waals surface area contributed by atoms with Crippen molar-refractivity contribution in [2.75, 3.05) is 12.4 Å². The fourth-order valence-electron chi connectivity index (χ4n) is 3.77. The first kappa shape index (κ1) is 22.3. The molecule has 1 fully saturated rings. The third-order valence-electron chi connectivity index (χ3n) is 5.53. The Labute approximate surface area is 189 Å². The number of methoxy groups -OCH3 is 1. The van der Waals surface area contributed by atoms with Gasteiger partial charge in [0.05, 0.1) is 41.4 Å². The van der Waals surface area contributed by atoms with Gasteiger partial charge in [0, 0.05) is 5.92 Å². The molecule has 0 aliphatic heterocycles. The number of carbonyl (C=O) groups is 1. The van der Waals surface area contributed by atoms with Gasteiger partial charge < -0.3 is 10.1 Å². The lowest BCUT2D eigenvalue weighted by Crippen LogP contribution is -2.21. The third kappa shape index (κ3) is 4.48. The highest BCUT2D eigenvalue weighted by Crippen LogP contribution is 2.45. The number of nitrogens with zero attached hydrogens (tertiary/aromatic N) is 4. The molecule has 1 saturated carbocycles. The van der Waals surface area contributed by atoms with E-state index in [1.54, 1.807) is 18.7 Å². The highest BCUT2D eigenvalue weighted by Gasteiger charge is 2.34. The second-order valence-electron chi connectivity index (χ2n) is 7.92. The summed E-state index contributed by atoms with van der Waals surface area (Å²) in [5, 5.41) is 11.3. The topological polar surface area (TPSA) is 74.0 Å². The van der Waals surface area contributed by atoms with Crippen molar-refractivity contribution in [3.63, 3.8) is 0 Å². The highest BCUT2D eigenvalue weighted by atomic mass is 35.5. The maximum absolute atomic E-state index is 13.2. The fourth-order valence-corrected chi connectivity index (χ4v) is 4.14. The summed E-state index contributed by atoms with van der Waals surface area (Å²) in [5.74, 6) is 0.452. The minimum absolute atomic E-state index is 0.0335. The molecule has 10 heteroatoms. The summed E-state index contributed by atoms with van der Waals surface area (Å²) in [5.41, 5.74) is 3.09. The lowest BCUT2D eigenvalue weighted by molar-refractivity contribution is -0.117. The van der Waals surface area contributed by atoms with Gasteiger partial charge in [0.25, 0.3) is 6.43 Å². The zero-order chi connectivity index (χ0) is 23.0. The van der Waals surface area contributed by atoms with Crippen molar-refractivity contribution in [1.29, 1.82) is 0 Å². The SMILES string of the molecule is COc1cccc(Cn2nc(C)c(NC(=O)Cn3nc(C(F)F)c(Cl)c3C3CC3)c2C)c1. The van der Waals surface area contributed by atoms with E-state index >= 15 is 0 Å². The molecule has 2 aromatic heterocycles. The summed E-state index contributed by atoms with van der Waals surface area (Å²) in [7, 11) is 1.61. The Morgan fingerprint density at radius 2 is 2.03 bits per heavy atom. The van der Waals surface area contributed by atoms with E-state index in [1.165, 1.54) is 4.68 Å². The number of halogens is 3. The van der Waals surface area contributed by atoms with Crippen LogP contribution in [0.2, 0.25) is 5.02 Å². The second-order valence-corrected chi connectivity index (χ2v) is 8.30. The Balaban J connectivity index is 1.51. The van der Waals surface area contributed by atoms with E-state index in [9.17, 15) is 13.6 Å². The zero-order valence-electron chi connectivity index (χ0n) is 18.0. The van der Waals surface area contributed by atoms with Crippen LogP contribution in [0.3, 0.4) is 0 Å². The Bertz CT molecular complexity index is 1150. The number of anilines is 1. The Hall–Kier alpha value is -2.94. The number of benzene rings is 1. The van der Waals surface area contributed by atoms with Crippen LogP contribution >= 0.6 is 11.6 Å². The number of alkyl halides is 2. The van der Waals surface area contributed by atoms with Crippen LogP contribution < -0.4 is 10.1 Å². The van der Waals surface area contributed by atoms with Gasteiger partial charge in [0.15, 0.2) is 0 Å². The number of nitrogens with one attached hydrogen (secondary N) is 1. The van der Waals surface area contributed by atoms with Crippen molar-refractivity contribution in [1.82, 2.24) is 19.6 Å². The molecule has 0 unspecified atom stereocenters. The smallest absolute Gasteiger partial charge is 0.283 e. The molecule has 1 aliphatic carbocycles. The van der Waals surface area contributed by atoms with Crippen LogP contribution in [0.25, 0.3) is 0 Å². The van der Waals surface area contributed by atoms with E-state index in [0.717, 1.165) is 29.8 Å². The number of carbonyl (C=O) groups excluding carboxylic acids is 1. The van der Waals surface area contributed by atoms with Gasteiger partial charge in [-0.25, -0.2) is 8.78 Å². The van der Waals surface area contributed by atoms with E-state index in [1.807, 2.05) is 31.2 Å². The van der Waals surface area contributed by atoms with Crippen molar-refractivity contribution in [2.45, 2.75) is 52.1 Å². The predicted octanol–water partition coefficient (Wildman–Crippen LogP) is 4.86. The molecule has 32 heavy (non-hydrogen) atoms. The van der Waals surface area contributed by atoms with E-state index in [4.69, 9.17) is 16.3 Å². The van der Waals surface area contributed by atoms with Crippen molar-refractivity contribution in [2.24, 2.45) is 0 Å². The molecule has 1 aliphatic rings. The summed E-state index contributed by atoms with van der Waals surface area (Å²) in [4.78, 5) is 12.8. The van der Waals surface area contributed by atoms with Crippen LogP contribution in [0.1, 0.15) is 53.5 Å². The van der Waals surface area contributed by atoms with Crippen molar-refractivity contribution in [3.8, 4) is 5.75 Å². The van der Waals surface area contributed by atoms with Gasteiger partial charge in [-0.2, -0.15) is 10.2 Å². The van der Waals surface area contributed by atoms with E-state index in [0.29, 0.717) is 23.6 Å². The first-order chi connectivity index (χ1) is 15.3. The summed E-state index contributed by atoms with van der Waals surface area (Å²) in [6, 6.07) is 7.67. The van der Waals surface area contributed by atoms with Crippen LogP contribution in [0.15, 0.2) is 24.3 Å². The van der Waals surface area contributed by atoms with Crippen LogP contribution in [-0.4, -0.2) is 32.6 Å². The number of rotatable bonds is 8. The Morgan fingerprint density at radius 3 is 2.69 bits per heavy atom. The van der Waals surface area contributed by atoms with Crippen LogP contribution in [0.5, 0.6) is 5.75 Å². The lowest BCUT2D eigenvalue weighted by Gasteiger charge is -2.10. The largest absolute Gasteiger partial charge is 0.497 e. The number of hydrogen-bond donors (Lipinski definition) is 1. The van der Waals surface area contributed by atoms with E-state index in [-0.39, 0.29) is 23.4 Å². The minimum atomic E-state index is -2.79. The predicted molar refractivity (Wildman–Crippen MR) is 117 cm³/mol. The molecule has 7 nitrogen and oxygen atoms in total. The van der Waals surface area contributed by atoms with Crippen LogP contribution in [0.4, 0.5) is 14.5 Å². The van der Waals surface area contributed by atoms with Gasteiger partial charge >= 0.3 is 0 Å². The molecule has 0 atom stereocenters. The van der Waals surface area contributed by atoms with E-state index < -0.39 is 12.1 Å². The molecule has 3 aromatic rings. The van der Waals surface area contributed by atoms with Gasteiger partial charge in [-0.1, -0.05) is 23.7 Å². The molecule has 1 N–H and O–H groups in total. The quantitative estimate of drug-likeness (QED) is 0.517. The molecule has 170 valence electrons. The first-order valence-electron chi connectivity index (χ1n) is 10.3. The number of aryl methyl sites for hydroxylation is 1. The van der Waals surface area contributed by atoms with Crippen molar-refractivity contribution < 1.29 is 18.3 Å². The van der Waals surface area contributed by atoms with E-state index in [2.05, 4.69) is 15.5 Å². The van der Waals surface area contributed by atoms with Gasteiger partial charge in [-0.15, -0.1) is 0 Å². The second kappa shape index (κ2) is 8.90. The van der Waals surface area contributed by atoms with Crippen molar-refractivity contribution >= 4 is 23.2 Å². The maximum Gasteiger partial charge on any atom is 0.283 e. The molecule has 1 aromatic carbocycles. The lowest BCUT2D eigenvalue weighted by atomic mass is 10.2. The zero-order valence-corrected chi connectivity index (χ0v) is 18.8. The molecule has 0 spiro atoms. The molecular formula is C22H24ClF2N5O2. The van der Waals surface area contributed by atoms with Gasteiger partial charge in [-0.3, -0.25) is 14.2 Å². The summed E-state index contributed by atoms with van der Waals surface area (Å²) in [6.07, 6.45) is -1.08. The number of ether oxygens (including phenoxy) is 1. The summed E-state index contributed by atoms with van der Waals surface area (Å²) >= 11 is 6.14. The van der Waals surface area contributed by atoms with Gasteiger partial charge in [0.2, 0.25) is 5.91 Å². The Kier molecular flexibility index (Phi) is 6.19. The molecule has 0 radical (unpaired) electrons. The van der Waals surface area contributed by atoms with Gasteiger partial charge in [0.1, 0.15) is 18.0 Å².